The highest BCUT2D eigenvalue weighted by molar-refractivity contribution is 7.99. The van der Waals surface area contributed by atoms with Crippen LogP contribution in [0.4, 0.5) is 0 Å². The van der Waals surface area contributed by atoms with Gasteiger partial charge in [0, 0.05) is 22.2 Å². The molecule has 0 aliphatic rings. The van der Waals surface area contributed by atoms with Crippen LogP contribution in [0.5, 0.6) is 0 Å². The lowest BCUT2D eigenvalue weighted by molar-refractivity contribution is 0.0846. The Kier molecular flexibility index (Phi) is 6.22. The molecule has 5 nitrogen and oxygen atoms in total. The standard InChI is InChI=1S/C21H19N3O2S/c1-2-15-6-8-16(9-7-15)20(25)23-24-21(26)17-10-12-18(13-11-17)27-19-5-3-4-14-22-19/h3-14H,2H2,1H3,(H,23,25)(H,24,26). The summed E-state index contributed by atoms with van der Waals surface area (Å²) in [5, 5.41) is 0.885. The molecule has 2 amide bonds. The number of carbonyl (C=O) groups excluding carboxylic acids is 2. The first-order chi connectivity index (χ1) is 13.2. The maximum Gasteiger partial charge on any atom is 0.269 e. The third kappa shape index (κ3) is 5.18. The fourth-order valence-corrected chi connectivity index (χ4v) is 3.13. The predicted molar refractivity (Wildman–Crippen MR) is 106 cm³/mol. The van der Waals surface area contributed by atoms with Gasteiger partial charge in [0.1, 0.15) is 5.03 Å². The number of hydrogen-bond donors (Lipinski definition) is 2. The molecule has 1 aromatic heterocycles. The summed E-state index contributed by atoms with van der Waals surface area (Å²) in [6, 6.07) is 20.1. The molecule has 0 aliphatic heterocycles. The molecular formula is C21H19N3O2S. The first-order valence-corrected chi connectivity index (χ1v) is 9.36. The number of rotatable bonds is 5. The fraction of sp³-hybridized carbons (Fsp3) is 0.0952. The molecule has 0 saturated heterocycles. The van der Waals surface area contributed by atoms with Crippen molar-refractivity contribution < 1.29 is 9.59 Å². The minimum Gasteiger partial charge on any atom is -0.267 e. The summed E-state index contributed by atoms with van der Waals surface area (Å²) in [4.78, 5) is 29.5. The van der Waals surface area contributed by atoms with E-state index in [1.165, 1.54) is 11.8 Å². The van der Waals surface area contributed by atoms with Gasteiger partial charge in [-0.25, -0.2) is 4.98 Å². The van der Waals surface area contributed by atoms with E-state index >= 15 is 0 Å². The number of hydrogen-bond acceptors (Lipinski definition) is 4. The molecule has 136 valence electrons. The average molecular weight is 377 g/mol. The van der Waals surface area contributed by atoms with Crippen molar-refractivity contribution in [2.24, 2.45) is 0 Å². The van der Waals surface area contributed by atoms with Crippen LogP contribution in [0.1, 0.15) is 33.2 Å². The molecule has 0 aliphatic carbocycles. The second kappa shape index (κ2) is 9.00. The summed E-state index contributed by atoms with van der Waals surface area (Å²) in [5.41, 5.74) is 6.98. The molecule has 0 saturated carbocycles. The zero-order chi connectivity index (χ0) is 19.1. The SMILES string of the molecule is CCc1ccc(C(=O)NNC(=O)c2ccc(Sc3ccccn3)cc2)cc1. The van der Waals surface area contributed by atoms with Crippen LogP contribution in [0, 0.1) is 0 Å². The molecule has 0 atom stereocenters. The minimum absolute atomic E-state index is 0.353. The Balaban J connectivity index is 1.55. The Labute approximate surface area is 162 Å². The second-order valence-electron chi connectivity index (χ2n) is 5.75. The zero-order valence-corrected chi connectivity index (χ0v) is 15.6. The first kappa shape index (κ1) is 18.7. The van der Waals surface area contributed by atoms with Gasteiger partial charge in [0.05, 0.1) is 0 Å². The van der Waals surface area contributed by atoms with Gasteiger partial charge in [-0.2, -0.15) is 0 Å². The van der Waals surface area contributed by atoms with E-state index in [2.05, 4.69) is 22.8 Å². The predicted octanol–water partition coefficient (Wildman–Crippen LogP) is 3.87. The Hall–Kier alpha value is -3.12. The molecule has 0 radical (unpaired) electrons. The van der Waals surface area contributed by atoms with Crippen molar-refractivity contribution in [1.29, 1.82) is 0 Å². The third-order valence-corrected chi connectivity index (χ3v) is 4.85. The van der Waals surface area contributed by atoms with Gasteiger partial charge in [0.15, 0.2) is 0 Å². The highest BCUT2D eigenvalue weighted by Crippen LogP contribution is 2.25. The monoisotopic (exact) mass is 377 g/mol. The summed E-state index contributed by atoms with van der Waals surface area (Å²) in [7, 11) is 0. The Bertz CT molecular complexity index is 910. The summed E-state index contributed by atoms with van der Waals surface area (Å²) in [6.45, 7) is 2.05. The van der Waals surface area contributed by atoms with Crippen molar-refractivity contribution in [3.63, 3.8) is 0 Å². The number of pyridine rings is 1. The van der Waals surface area contributed by atoms with Crippen LogP contribution >= 0.6 is 11.8 Å². The molecule has 27 heavy (non-hydrogen) atoms. The van der Waals surface area contributed by atoms with Crippen molar-refractivity contribution in [2.45, 2.75) is 23.3 Å². The summed E-state index contributed by atoms with van der Waals surface area (Å²) >= 11 is 1.51. The van der Waals surface area contributed by atoms with E-state index < -0.39 is 0 Å². The van der Waals surface area contributed by atoms with Crippen LogP contribution in [0.15, 0.2) is 82.8 Å². The molecule has 6 heteroatoms. The van der Waals surface area contributed by atoms with Gasteiger partial charge < -0.3 is 0 Å². The van der Waals surface area contributed by atoms with Gasteiger partial charge in [-0.3, -0.25) is 20.4 Å². The molecule has 3 aromatic rings. The van der Waals surface area contributed by atoms with Gasteiger partial charge >= 0.3 is 0 Å². The molecule has 2 aromatic carbocycles. The van der Waals surface area contributed by atoms with E-state index in [9.17, 15) is 9.59 Å². The summed E-state index contributed by atoms with van der Waals surface area (Å²) < 4.78 is 0. The van der Waals surface area contributed by atoms with Crippen LogP contribution in [0.25, 0.3) is 0 Å². The number of aryl methyl sites for hydroxylation is 1. The number of nitrogens with one attached hydrogen (secondary N) is 2. The normalized spacial score (nSPS) is 10.3. The zero-order valence-electron chi connectivity index (χ0n) is 14.8. The van der Waals surface area contributed by atoms with Crippen molar-refractivity contribution in [1.82, 2.24) is 15.8 Å². The summed E-state index contributed by atoms with van der Waals surface area (Å²) in [6.07, 6.45) is 2.65. The van der Waals surface area contributed by atoms with Crippen molar-refractivity contribution in [2.75, 3.05) is 0 Å². The fourth-order valence-electron chi connectivity index (χ4n) is 2.35. The molecule has 0 fully saturated rings. The number of carbonyl (C=O) groups is 2. The minimum atomic E-state index is -0.372. The van der Waals surface area contributed by atoms with E-state index in [0.717, 1.165) is 21.9 Å². The number of aromatic nitrogens is 1. The quantitative estimate of drug-likeness (QED) is 0.662. The van der Waals surface area contributed by atoms with Gasteiger partial charge in [-0.05, 0) is 60.5 Å². The van der Waals surface area contributed by atoms with E-state index in [1.54, 1.807) is 30.5 Å². The van der Waals surface area contributed by atoms with Crippen molar-refractivity contribution in [3.8, 4) is 0 Å². The van der Waals surface area contributed by atoms with Gasteiger partial charge in [-0.1, -0.05) is 36.9 Å². The number of benzene rings is 2. The van der Waals surface area contributed by atoms with Crippen molar-refractivity contribution >= 4 is 23.6 Å². The molecular weight excluding hydrogens is 358 g/mol. The molecule has 2 N–H and O–H groups in total. The maximum absolute atomic E-state index is 12.2. The number of hydrazine groups is 1. The third-order valence-electron chi connectivity index (χ3n) is 3.89. The van der Waals surface area contributed by atoms with Crippen LogP contribution in [-0.2, 0) is 6.42 Å². The molecule has 3 rings (SSSR count). The number of amides is 2. The van der Waals surface area contributed by atoms with E-state index in [-0.39, 0.29) is 11.8 Å². The highest BCUT2D eigenvalue weighted by Gasteiger charge is 2.09. The Morgan fingerprint density at radius 3 is 1.96 bits per heavy atom. The van der Waals surface area contributed by atoms with Gasteiger partial charge in [-0.15, -0.1) is 0 Å². The lowest BCUT2D eigenvalue weighted by Crippen LogP contribution is -2.41. The maximum atomic E-state index is 12.2. The van der Waals surface area contributed by atoms with Crippen LogP contribution in [-0.4, -0.2) is 16.8 Å². The second-order valence-corrected chi connectivity index (χ2v) is 6.85. The molecule has 1 heterocycles. The number of nitrogens with zero attached hydrogens (tertiary/aromatic N) is 1. The largest absolute Gasteiger partial charge is 0.269 e. The van der Waals surface area contributed by atoms with Crippen LogP contribution in [0.2, 0.25) is 0 Å². The van der Waals surface area contributed by atoms with Gasteiger partial charge in [0.2, 0.25) is 0 Å². The van der Waals surface area contributed by atoms with E-state index in [1.807, 2.05) is 42.5 Å². The Morgan fingerprint density at radius 1 is 0.852 bits per heavy atom. The smallest absolute Gasteiger partial charge is 0.267 e. The topological polar surface area (TPSA) is 71.1 Å². The van der Waals surface area contributed by atoms with E-state index in [4.69, 9.17) is 0 Å². The average Bonchev–Trinajstić information content (AvgIpc) is 2.73. The lowest BCUT2D eigenvalue weighted by atomic mass is 10.1. The van der Waals surface area contributed by atoms with Crippen molar-refractivity contribution in [3.05, 3.63) is 89.6 Å². The molecule has 0 spiro atoms. The van der Waals surface area contributed by atoms with Crippen LogP contribution in [0.3, 0.4) is 0 Å². The Morgan fingerprint density at radius 2 is 1.44 bits per heavy atom. The highest BCUT2D eigenvalue weighted by atomic mass is 32.2. The van der Waals surface area contributed by atoms with E-state index in [0.29, 0.717) is 11.1 Å². The first-order valence-electron chi connectivity index (χ1n) is 8.54. The molecule has 0 unspecified atom stereocenters. The lowest BCUT2D eigenvalue weighted by Gasteiger charge is -2.08. The van der Waals surface area contributed by atoms with Gasteiger partial charge in [0.25, 0.3) is 11.8 Å². The summed E-state index contributed by atoms with van der Waals surface area (Å²) in [5.74, 6) is -0.726. The van der Waals surface area contributed by atoms with Crippen LogP contribution < -0.4 is 10.9 Å². The molecule has 0 bridgehead atoms.